The summed E-state index contributed by atoms with van der Waals surface area (Å²) in [4.78, 5) is 6.46. The van der Waals surface area contributed by atoms with E-state index in [4.69, 9.17) is 5.73 Å². The van der Waals surface area contributed by atoms with Gasteiger partial charge in [-0.15, -0.1) is 0 Å². The number of nitrogens with one attached hydrogen (secondary N) is 1. The van der Waals surface area contributed by atoms with Crippen LogP contribution in [-0.2, 0) is 0 Å². The van der Waals surface area contributed by atoms with E-state index in [9.17, 15) is 0 Å². The molecule has 0 saturated carbocycles. The number of nitrogens with zero attached hydrogens (tertiary/aromatic N) is 2. The fourth-order valence-electron chi connectivity index (χ4n) is 1.20. The van der Waals surface area contributed by atoms with Crippen molar-refractivity contribution >= 4 is 11.5 Å². The summed E-state index contributed by atoms with van der Waals surface area (Å²) >= 11 is 0. The quantitative estimate of drug-likeness (QED) is 0.814. The number of aryl methyl sites for hydroxylation is 1. The first kappa shape index (κ1) is 12.8. The highest BCUT2D eigenvalue weighted by molar-refractivity contribution is 5.61. The Balaban J connectivity index is 2.68. The molecule has 0 aromatic carbocycles. The Bertz CT molecular complexity index is 358. The average Bonchev–Trinajstić information content (AvgIpc) is 2.16. The van der Waals surface area contributed by atoms with Crippen LogP contribution in [0, 0.1) is 6.92 Å². The Labute approximate surface area is 97.9 Å². The Morgan fingerprint density at radius 1 is 1.44 bits per heavy atom. The number of hydrogen-bond acceptors (Lipinski definition) is 4. The summed E-state index contributed by atoms with van der Waals surface area (Å²) in [6.07, 6.45) is 1.82. The van der Waals surface area contributed by atoms with Gasteiger partial charge in [-0.05, 0) is 46.5 Å². The van der Waals surface area contributed by atoms with Gasteiger partial charge in [0.05, 0.1) is 5.69 Å². The first-order valence-electron chi connectivity index (χ1n) is 5.46. The molecule has 0 amide bonds. The zero-order valence-corrected chi connectivity index (χ0v) is 10.8. The van der Waals surface area contributed by atoms with Crippen LogP contribution in [0.25, 0.3) is 0 Å². The predicted molar refractivity (Wildman–Crippen MR) is 69.6 cm³/mol. The summed E-state index contributed by atoms with van der Waals surface area (Å²) in [5, 5.41) is 3.28. The minimum Gasteiger partial charge on any atom is -0.396 e. The molecule has 0 aliphatic carbocycles. The molecular formula is C12H22N4. The second-order valence-corrected chi connectivity index (χ2v) is 5.01. The van der Waals surface area contributed by atoms with Crippen molar-refractivity contribution in [3.8, 4) is 0 Å². The number of aromatic nitrogens is 1. The number of nitrogens with two attached hydrogens (primary N) is 1. The van der Waals surface area contributed by atoms with Gasteiger partial charge in [-0.1, -0.05) is 0 Å². The number of likely N-dealkylation sites (N-methyl/N-ethyl adjacent to an activating group) is 1. The first-order chi connectivity index (χ1) is 7.33. The van der Waals surface area contributed by atoms with Crippen LogP contribution in [0.15, 0.2) is 12.3 Å². The van der Waals surface area contributed by atoms with Gasteiger partial charge in [0.25, 0.3) is 0 Å². The molecule has 0 fully saturated rings. The smallest absolute Gasteiger partial charge is 0.149 e. The van der Waals surface area contributed by atoms with Gasteiger partial charge in [0.2, 0.25) is 0 Å². The molecule has 0 spiro atoms. The lowest BCUT2D eigenvalue weighted by molar-refractivity contribution is 0.210. The van der Waals surface area contributed by atoms with Gasteiger partial charge >= 0.3 is 0 Å². The highest BCUT2D eigenvalue weighted by Gasteiger charge is 2.20. The molecule has 0 atom stereocenters. The van der Waals surface area contributed by atoms with Crippen LogP contribution in [0.5, 0.6) is 0 Å². The van der Waals surface area contributed by atoms with Gasteiger partial charge in [-0.3, -0.25) is 0 Å². The molecule has 90 valence electrons. The van der Waals surface area contributed by atoms with Crippen molar-refractivity contribution in [1.29, 1.82) is 0 Å². The second kappa shape index (κ2) is 4.70. The van der Waals surface area contributed by atoms with E-state index in [-0.39, 0.29) is 5.54 Å². The lowest BCUT2D eigenvalue weighted by Crippen LogP contribution is -2.44. The molecule has 1 aromatic rings. The topological polar surface area (TPSA) is 54.2 Å². The average molecular weight is 222 g/mol. The molecule has 0 radical (unpaired) electrons. The summed E-state index contributed by atoms with van der Waals surface area (Å²) in [5.41, 5.74) is 7.74. The van der Waals surface area contributed by atoms with Crippen LogP contribution < -0.4 is 11.1 Å². The molecule has 4 nitrogen and oxygen atoms in total. The van der Waals surface area contributed by atoms with Crippen molar-refractivity contribution in [2.75, 3.05) is 31.7 Å². The highest BCUT2D eigenvalue weighted by atomic mass is 15.2. The molecule has 0 aliphatic heterocycles. The first-order valence-corrected chi connectivity index (χ1v) is 5.46. The van der Waals surface area contributed by atoms with Crippen LogP contribution in [0.3, 0.4) is 0 Å². The van der Waals surface area contributed by atoms with E-state index in [0.717, 1.165) is 17.9 Å². The molecule has 16 heavy (non-hydrogen) atoms. The third-order valence-corrected chi connectivity index (χ3v) is 2.95. The minimum absolute atomic E-state index is 0.0685. The largest absolute Gasteiger partial charge is 0.396 e. The number of anilines is 2. The predicted octanol–water partition coefficient (Wildman–Crippen LogP) is 1.72. The number of nitrogen functional groups attached to an aromatic ring is 1. The molecule has 1 rings (SSSR count). The van der Waals surface area contributed by atoms with Crippen LogP contribution >= 0.6 is 0 Å². The molecular weight excluding hydrogens is 200 g/mol. The summed E-state index contributed by atoms with van der Waals surface area (Å²) in [7, 11) is 4.13. The third kappa shape index (κ3) is 3.10. The normalized spacial score (nSPS) is 11.9. The van der Waals surface area contributed by atoms with E-state index in [1.54, 1.807) is 0 Å². The zero-order chi connectivity index (χ0) is 12.3. The Morgan fingerprint density at radius 2 is 2.06 bits per heavy atom. The van der Waals surface area contributed by atoms with Gasteiger partial charge in [0.1, 0.15) is 5.82 Å². The highest BCUT2D eigenvalue weighted by Crippen LogP contribution is 2.18. The van der Waals surface area contributed by atoms with E-state index >= 15 is 0 Å². The Hall–Kier alpha value is -1.29. The SMILES string of the molecule is Cc1cnc(NCC(C)(C)N(C)C)c(N)c1. The van der Waals surface area contributed by atoms with Crippen molar-refractivity contribution in [2.24, 2.45) is 0 Å². The van der Waals surface area contributed by atoms with E-state index in [1.807, 2.05) is 19.2 Å². The Kier molecular flexibility index (Phi) is 3.75. The minimum atomic E-state index is 0.0685. The molecule has 0 saturated heterocycles. The second-order valence-electron chi connectivity index (χ2n) is 5.01. The zero-order valence-electron chi connectivity index (χ0n) is 10.8. The molecule has 0 bridgehead atoms. The lowest BCUT2D eigenvalue weighted by Gasteiger charge is -2.32. The molecule has 0 aliphatic rings. The summed E-state index contributed by atoms with van der Waals surface area (Å²) in [6, 6.07) is 1.93. The van der Waals surface area contributed by atoms with E-state index < -0.39 is 0 Å². The monoisotopic (exact) mass is 222 g/mol. The maximum atomic E-state index is 5.89. The number of rotatable bonds is 4. The summed E-state index contributed by atoms with van der Waals surface area (Å²) in [5.74, 6) is 0.764. The number of pyridine rings is 1. The molecule has 3 N–H and O–H groups in total. The van der Waals surface area contributed by atoms with Gasteiger partial charge in [-0.25, -0.2) is 4.98 Å². The van der Waals surface area contributed by atoms with E-state index in [0.29, 0.717) is 5.69 Å². The van der Waals surface area contributed by atoms with E-state index in [1.165, 1.54) is 0 Å². The molecule has 1 heterocycles. The summed E-state index contributed by atoms with van der Waals surface area (Å²) < 4.78 is 0. The van der Waals surface area contributed by atoms with Crippen LogP contribution in [0.4, 0.5) is 11.5 Å². The third-order valence-electron chi connectivity index (χ3n) is 2.95. The maximum absolute atomic E-state index is 5.89. The van der Waals surface area contributed by atoms with Gasteiger partial charge < -0.3 is 16.0 Å². The van der Waals surface area contributed by atoms with Crippen LogP contribution in [0.1, 0.15) is 19.4 Å². The standard InChI is InChI=1S/C12H22N4/c1-9-6-10(13)11(14-7-9)15-8-12(2,3)16(4)5/h6-7H,8,13H2,1-5H3,(H,14,15). The fraction of sp³-hybridized carbons (Fsp3) is 0.583. The van der Waals surface area contributed by atoms with Gasteiger partial charge in [0, 0.05) is 18.3 Å². The number of hydrogen-bond donors (Lipinski definition) is 2. The fourth-order valence-corrected chi connectivity index (χ4v) is 1.20. The van der Waals surface area contributed by atoms with Crippen LogP contribution in [-0.4, -0.2) is 36.1 Å². The Morgan fingerprint density at radius 3 is 2.56 bits per heavy atom. The maximum Gasteiger partial charge on any atom is 0.149 e. The molecule has 0 unspecified atom stereocenters. The van der Waals surface area contributed by atoms with Gasteiger partial charge in [-0.2, -0.15) is 0 Å². The van der Waals surface area contributed by atoms with E-state index in [2.05, 4.69) is 43.1 Å². The van der Waals surface area contributed by atoms with Crippen molar-refractivity contribution in [3.63, 3.8) is 0 Å². The van der Waals surface area contributed by atoms with Crippen molar-refractivity contribution in [1.82, 2.24) is 9.88 Å². The molecule has 4 heteroatoms. The molecule has 1 aromatic heterocycles. The lowest BCUT2D eigenvalue weighted by atomic mass is 10.0. The van der Waals surface area contributed by atoms with Gasteiger partial charge in [0.15, 0.2) is 0 Å². The van der Waals surface area contributed by atoms with Crippen molar-refractivity contribution < 1.29 is 0 Å². The summed E-state index contributed by atoms with van der Waals surface area (Å²) in [6.45, 7) is 7.13. The van der Waals surface area contributed by atoms with Crippen molar-refractivity contribution in [2.45, 2.75) is 26.3 Å². The van der Waals surface area contributed by atoms with Crippen LogP contribution in [0.2, 0.25) is 0 Å². The van der Waals surface area contributed by atoms with Crippen molar-refractivity contribution in [3.05, 3.63) is 17.8 Å².